The first-order chi connectivity index (χ1) is 16.3. The Morgan fingerprint density at radius 3 is 2.18 bits per heavy atom. The first kappa shape index (κ1) is 22.4. The molecule has 5 rings (SSSR count). The Morgan fingerprint density at radius 1 is 0.794 bits per heavy atom. The first-order valence-corrected chi connectivity index (χ1v) is 14.5. The van der Waals surface area contributed by atoms with E-state index in [4.69, 9.17) is 0 Å². The lowest BCUT2D eigenvalue weighted by Crippen LogP contribution is -2.61. The average Bonchev–Trinajstić information content (AvgIpc) is 2.85. The van der Waals surface area contributed by atoms with Crippen LogP contribution in [-0.2, 0) is 0 Å². The van der Waals surface area contributed by atoms with Gasteiger partial charge in [0.15, 0.2) is 5.71 Å². The molecule has 1 aliphatic carbocycles. The summed E-state index contributed by atoms with van der Waals surface area (Å²) < 4.78 is 2.22. The lowest BCUT2D eigenvalue weighted by Gasteiger charge is -2.41. The molecule has 1 aliphatic heterocycles. The van der Waals surface area contributed by atoms with Crippen molar-refractivity contribution in [3.8, 4) is 0 Å². The number of anilines is 1. The summed E-state index contributed by atoms with van der Waals surface area (Å²) in [6.45, 7) is 4.76. The van der Waals surface area contributed by atoms with E-state index in [1.165, 1.54) is 54.8 Å². The van der Waals surface area contributed by atoms with Crippen LogP contribution in [0.2, 0.25) is 6.55 Å². The summed E-state index contributed by atoms with van der Waals surface area (Å²) in [5.41, 5.74) is 9.26. The highest BCUT2D eigenvalue weighted by Gasteiger charge is 2.45. The van der Waals surface area contributed by atoms with E-state index < -0.39 is 8.07 Å². The molecule has 1 heterocycles. The molecule has 34 heavy (non-hydrogen) atoms. The average molecular weight is 462 g/mol. The molecule has 2 aliphatic rings. The lowest BCUT2D eigenvalue weighted by atomic mass is 9.87. The van der Waals surface area contributed by atoms with Crippen LogP contribution in [0.5, 0.6) is 0 Å². The third-order valence-corrected chi connectivity index (χ3v) is 11.9. The predicted molar refractivity (Wildman–Crippen MR) is 150 cm³/mol. The van der Waals surface area contributed by atoms with Gasteiger partial charge in [0.2, 0.25) is 0 Å². The zero-order chi connectivity index (χ0) is 24.0. The highest BCUT2D eigenvalue weighted by atomic mass is 28.3. The minimum absolute atomic E-state index is 1.25. The van der Waals surface area contributed by atoms with Crippen molar-refractivity contribution in [2.24, 2.45) is 0 Å². The summed E-state index contributed by atoms with van der Waals surface area (Å²) in [6, 6.07) is 27.1. The van der Waals surface area contributed by atoms with Gasteiger partial charge < -0.3 is 4.90 Å². The topological polar surface area (TPSA) is 6.25 Å². The Labute approximate surface area is 204 Å². The van der Waals surface area contributed by atoms with Crippen LogP contribution in [-0.4, -0.2) is 46.6 Å². The summed E-state index contributed by atoms with van der Waals surface area (Å²) in [5.74, 6) is 0. The number of aryl methyl sites for hydroxylation is 1. The summed E-state index contributed by atoms with van der Waals surface area (Å²) in [5, 5.41) is 4.44. The maximum atomic E-state index is 2.54. The zero-order valence-electron chi connectivity index (χ0n) is 21.1. The van der Waals surface area contributed by atoms with Crippen LogP contribution in [0.1, 0.15) is 16.7 Å². The van der Waals surface area contributed by atoms with Crippen molar-refractivity contribution in [1.29, 1.82) is 0 Å². The van der Waals surface area contributed by atoms with Crippen LogP contribution in [0, 0.1) is 6.92 Å². The van der Waals surface area contributed by atoms with Crippen LogP contribution in [0.15, 0.2) is 102 Å². The fourth-order valence-electron chi connectivity index (χ4n) is 5.40. The van der Waals surface area contributed by atoms with Gasteiger partial charge in [-0.15, -0.1) is 0 Å². The molecule has 3 aromatic carbocycles. The molecule has 2 nitrogen and oxygen atoms in total. The second-order valence-electron chi connectivity index (χ2n) is 9.93. The maximum absolute atomic E-state index is 2.54. The van der Waals surface area contributed by atoms with Crippen molar-refractivity contribution in [2.75, 3.05) is 33.1 Å². The molecule has 0 saturated carbocycles. The molecule has 0 bridgehead atoms. The SMILES string of the molecule is Cc1ccccc1C1=C2C=CC(=[N+](C)C)C=C2[Si](C)(c2ccccc2)c2cc(N(C)C)ccc21. The van der Waals surface area contributed by atoms with Gasteiger partial charge in [0, 0.05) is 31.9 Å². The van der Waals surface area contributed by atoms with E-state index in [1.807, 2.05) is 0 Å². The van der Waals surface area contributed by atoms with Crippen molar-refractivity contribution in [3.63, 3.8) is 0 Å². The van der Waals surface area contributed by atoms with Gasteiger partial charge in [0.25, 0.3) is 0 Å². The normalized spacial score (nSPS) is 18.9. The largest absolute Gasteiger partial charge is 0.378 e. The van der Waals surface area contributed by atoms with Gasteiger partial charge in [-0.3, -0.25) is 0 Å². The Morgan fingerprint density at radius 2 is 1.50 bits per heavy atom. The van der Waals surface area contributed by atoms with Crippen LogP contribution in [0.3, 0.4) is 0 Å². The van der Waals surface area contributed by atoms with E-state index in [0.717, 1.165) is 0 Å². The summed E-state index contributed by atoms with van der Waals surface area (Å²) >= 11 is 0. The molecule has 0 fully saturated rings. The number of allylic oxidation sites excluding steroid dienone is 5. The van der Waals surface area contributed by atoms with E-state index in [1.54, 1.807) is 0 Å². The number of nitrogens with zero attached hydrogens (tertiary/aromatic N) is 2. The molecule has 0 N–H and O–H groups in total. The van der Waals surface area contributed by atoms with Crippen LogP contribution >= 0.6 is 0 Å². The number of benzene rings is 3. The van der Waals surface area contributed by atoms with Gasteiger partial charge in [0.05, 0.1) is 0 Å². The van der Waals surface area contributed by atoms with Gasteiger partial charge in [-0.25, -0.2) is 4.58 Å². The van der Waals surface area contributed by atoms with E-state index in [9.17, 15) is 0 Å². The third-order valence-electron chi connectivity index (χ3n) is 7.42. The van der Waals surface area contributed by atoms with Gasteiger partial charge in [-0.05, 0) is 68.5 Å². The van der Waals surface area contributed by atoms with Crippen LogP contribution < -0.4 is 15.3 Å². The summed E-state index contributed by atoms with van der Waals surface area (Å²) in [6.07, 6.45) is 7.09. The molecule has 0 spiro atoms. The maximum Gasteiger partial charge on any atom is 0.199 e. The Hall–Kier alpha value is -3.43. The standard InChI is InChI=1S/C31H33N2Si/c1-22-12-10-11-15-26(22)31-27-18-16-23(32(2)3)20-29(27)34(6,25-13-8-7-9-14-25)30-21-24(33(4)5)17-19-28(30)31/h7-21H,1-6H3/q+1. The van der Waals surface area contributed by atoms with Gasteiger partial charge >= 0.3 is 0 Å². The van der Waals surface area contributed by atoms with Gasteiger partial charge in [-0.1, -0.05) is 67.2 Å². The van der Waals surface area contributed by atoms with Crippen molar-refractivity contribution in [2.45, 2.75) is 13.5 Å². The van der Waals surface area contributed by atoms with Gasteiger partial charge in [-0.2, -0.15) is 0 Å². The number of rotatable bonds is 3. The first-order valence-electron chi connectivity index (χ1n) is 12.0. The highest BCUT2D eigenvalue weighted by molar-refractivity contribution is 7.08. The molecular formula is C31H33N2Si+. The predicted octanol–water partition coefficient (Wildman–Crippen LogP) is 4.82. The second-order valence-corrected chi connectivity index (χ2v) is 13.8. The monoisotopic (exact) mass is 461 g/mol. The molecule has 0 radical (unpaired) electrons. The van der Waals surface area contributed by atoms with Crippen LogP contribution in [0.4, 0.5) is 5.69 Å². The Balaban J connectivity index is 1.95. The molecule has 0 saturated heterocycles. The van der Waals surface area contributed by atoms with E-state index >= 15 is 0 Å². The Kier molecular flexibility index (Phi) is 5.53. The molecule has 1 atom stereocenters. The Bertz CT molecular complexity index is 1400. The third kappa shape index (κ3) is 3.43. The molecule has 1 unspecified atom stereocenters. The molecule has 170 valence electrons. The van der Waals surface area contributed by atoms with Crippen LogP contribution in [0.25, 0.3) is 5.57 Å². The quantitative estimate of drug-likeness (QED) is 0.400. The second kappa shape index (κ2) is 8.41. The van der Waals surface area contributed by atoms with E-state index in [2.05, 4.69) is 142 Å². The summed E-state index contributed by atoms with van der Waals surface area (Å²) in [4.78, 5) is 2.22. The van der Waals surface area contributed by atoms with Gasteiger partial charge in [0.1, 0.15) is 22.2 Å². The number of fused-ring (bicyclic) bond motifs is 2. The van der Waals surface area contributed by atoms with Crippen molar-refractivity contribution < 1.29 is 4.58 Å². The highest BCUT2D eigenvalue weighted by Crippen LogP contribution is 2.42. The smallest absolute Gasteiger partial charge is 0.199 e. The fraction of sp³-hybridized carbons (Fsp3) is 0.194. The van der Waals surface area contributed by atoms with Crippen molar-refractivity contribution in [3.05, 3.63) is 118 Å². The number of hydrogen-bond donors (Lipinski definition) is 0. The molecule has 0 aromatic heterocycles. The van der Waals surface area contributed by atoms with E-state index in [0.29, 0.717) is 0 Å². The molecule has 3 aromatic rings. The molecule has 0 amide bonds. The minimum Gasteiger partial charge on any atom is -0.378 e. The minimum atomic E-state index is -2.27. The van der Waals surface area contributed by atoms with Crippen molar-refractivity contribution >= 4 is 35.4 Å². The molecular weight excluding hydrogens is 428 g/mol. The van der Waals surface area contributed by atoms with E-state index in [-0.39, 0.29) is 0 Å². The zero-order valence-corrected chi connectivity index (χ0v) is 22.1. The molecule has 3 heteroatoms. The van der Waals surface area contributed by atoms with Crippen molar-refractivity contribution in [1.82, 2.24) is 0 Å². The number of hydrogen-bond acceptors (Lipinski definition) is 1. The summed E-state index contributed by atoms with van der Waals surface area (Å²) in [7, 11) is 6.27. The lowest BCUT2D eigenvalue weighted by molar-refractivity contribution is -0.462. The fourth-order valence-corrected chi connectivity index (χ4v) is 9.54.